The molecular weight excluding hydrogens is 326 g/mol. The maximum atomic E-state index is 12.8. The quantitative estimate of drug-likeness (QED) is 0.870. The van der Waals surface area contributed by atoms with Crippen molar-refractivity contribution in [1.29, 1.82) is 0 Å². The molecule has 1 amide bonds. The number of carboxylic acid groups (broad SMARTS) is 1. The maximum absolute atomic E-state index is 12.8. The van der Waals surface area contributed by atoms with E-state index in [1.165, 1.54) is 11.3 Å². The summed E-state index contributed by atoms with van der Waals surface area (Å²) in [5.74, 6) is -1.37. The Labute approximate surface area is 144 Å². The summed E-state index contributed by atoms with van der Waals surface area (Å²) in [6.07, 6.45) is 0.0925. The van der Waals surface area contributed by atoms with Crippen LogP contribution >= 0.6 is 11.3 Å². The van der Waals surface area contributed by atoms with Gasteiger partial charge in [-0.05, 0) is 13.0 Å². The van der Waals surface area contributed by atoms with Crippen molar-refractivity contribution in [3.8, 4) is 0 Å². The van der Waals surface area contributed by atoms with Gasteiger partial charge in [-0.1, -0.05) is 32.0 Å². The highest BCUT2D eigenvalue weighted by atomic mass is 32.1. The van der Waals surface area contributed by atoms with Crippen molar-refractivity contribution < 1.29 is 19.4 Å². The summed E-state index contributed by atoms with van der Waals surface area (Å²) in [4.78, 5) is 24.7. The van der Waals surface area contributed by atoms with Crippen molar-refractivity contribution in [2.24, 2.45) is 5.41 Å². The molecule has 1 aliphatic carbocycles. The minimum Gasteiger partial charge on any atom is -0.479 e. The molecule has 1 heterocycles. The Morgan fingerprint density at radius 3 is 2.71 bits per heavy atom. The van der Waals surface area contributed by atoms with E-state index in [1.54, 1.807) is 5.38 Å². The van der Waals surface area contributed by atoms with E-state index in [9.17, 15) is 14.7 Å². The summed E-state index contributed by atoms with van der Waals surface area (Å²) < 4.78 is 6.64. The van der Waals surface area contributed by atoms with Gasteiger partial charge in [0.2, 0.25) is 0 Å². The van der Waals surface area contributed by atoms with Crippen molar-refractivity contribution >= 4 is 33.3 Å². The number of benzene rings is 1. The number of carbonyl (C=O) groups excluding carboxylic acids is 1. The van der Waals surface area contributed by atoms with Gasteiger partial charge in [0.1, 0.15) is 5.54 Å². The van der Waals surface area contributed by atoms with Crippen LogP contribution in [0.4, 0.5) is 0 Å². The van der Waals surface area contributed by atoms with Crippen LogP contribution in [0.15, 0.2) is 29.6 Å². The van der Waals surface area contributed by atoms with Crippen molar-refractivity contribution in [3.05, 3.63) is 35.2 Å². The van der Waals surface area contributed by atoms with Gasteiger partial charge < -0.3 is 15.2 Å². The summed E-state index contributed by atoms with van der Waals surface area (Å²) in [6, 6.07) is 7.61. The number of aliphatic carboxylic acids is 1. The summed E-state index contributed by atoms with van der Waals surface area (Å²) >= 11 is 1.48. The molecule has 1 saturated carbocycles. The highest BCUT2D eigenvalue weighted by Gasteiger charge is 2.66. The number of carbonyl (C=O) groups is 2. The first-order valence-corrected chi connectivity index (χ1v) is 8.85. The molecule has 2 aromatic rings. The third kappa shape index (κ3) is 2.32. The normalized spacial score (nSPS) is 25.2. The van der Waals surface area contributed by atoms with Crippen LogP contribution in [0.2, 0.25) is 0 Å². The zero-order valence-corrected chi connectivity index (χ0v) is 14.8. The lowest BCUT2D eigenvalue weighted by atomic mass is 9.54. The van der Waals surface area contributed by atoms with Gasteiger partial charge in [0.25, 0.3) is 5.91 Å². The first-order valence-electron chi connectivity index (χ1n) is 7.97. The molecule has 1 aromatic heterocycles. The van der Waals surface area contributed by atoms with Gasteiger partial charge in [-0.3, -0.25) is 4.79 Å². The van der Waals surface area contributed by atoms with Crippen LogP contribution in [0.1, 0.15) is 37.6 Å². The molecule has 2 atom stereocenters. The van der Waals surface area contributed by atoms with Gasteiger partial charge >= 0.3 is 5.97 Å². The molecule has 24 heavy (non-hydrogen) atoms. The van der Waals surface area contributed by atoms with Gasteiger partial charge in [-0.15, -0.1) is 11.3 Å². The van der Waals surface area contributed by atoms with E-state index in [0.29, 0.717) is 12.2 Å². The molecule has 2 N–H and O–H groups in total. The van der Waals surface area contributed by atoms with Crippen LogP contribution in [-0.4, -0.2) is 35.2 Å². The number of rotatable bonds is 5. The van der Waals surface area contributed by atoms with Gasteiger partial charge in [-0.25, -0.2) is 4.79 Å². The standard InChI is InChI=1S/C18H21NO4S/c1-4-23-14-9-18(16(21)22,17(14,2)3)19-15(20)12-10-24-13-8-6-5-7-11(12)13/h5-8,10,14H,4,9H2,1-3H3,(H,19,20)(H,21,22)/t14-,18+/m0/s1. The topological polar surface area (TPSA) is 75.6 Å². The number of nitrogens with one attached hydrogen (secondary N) is 1. The van der Waals surface area contributed by atoms with Crippen molar-refractivity contribution in [3.63, 3.8) is 0 Å². The number of hydrogen-bond acceptors (Lipinski definition) is 4. The molecule has 0 bridgehead atoms. The van der Waals surface area contributed by atoms with Crippen LogP contribution in [0.3, 0.4) is 0 Å². The van der Waals surface area contributed by atoms with E-state index in [2.05, 4.69) is 5.32 Å². The predicted octanol–water partition coefficient (Wildman–Crippen LogP) is 3.29. The van der Waals surface area contributed by atoms with Crippen molar-refractivity contribution in [1.82, 2.24) is 5.32 Å². The number of thiophene rings is 1. The Balaban J connectivity index is 1.90. The van der Waals surface area contributed by atoms with E-state index in [0.717, 1.165) is 10.1 Å². The Bertz CT molecular complexity index is 797. The molecular formula is C18H21NO4S. The summed E-state index contributed by atoms with van der Waals surface area (Å²) in [7, 11) is 0. The number of hydrogen-bond donors (Lipinski definition) is 2. The van der Waals surface area contributed by atoms with Crippen LogP contribution in [0.25, 0.3) is 10.1 Å². The second-order valence-electron chi connectivity index (χ2n) is 6.68. The van der Waals surface area contributed by atoms with E-state index in [1.807, 2.05) is 45.0 Å². The first-order chi connectivity index (χ1) is 11.3. The Morgan fingerprint density at radius 1 is 1.38 bits per heavy atom. The molecule has 6 heteroatoms. The average Bonchev–Trinajstić information content (AvgIpc) is 2.97. The third-order valence-corrected chi connectivity index (χ3v) is 6.15. The molecule has 5 nitrogen and oxygen atoms in total. The lowest BCUT2D eigenvalue weighted by molar-refractivity contribution is -0.190. The Kier molecular flexibility index (Phi) is 4.13. The van der Waals surface area contributed by atoms with E-state index >= 15 is 0 Å². The highest BCUT2D eigenvalue weighted by molar-refractivity contribution is 7.17. The van der Waals surface area contributed by atoms with Crippen LogP contribution in [0, 0.1) is 5.41 Å². The highest BCUT2D eigenvalue weighted by Crippen LogP contribution is 2.51. The molecule has 1 fully saturated rings. The largest absolute Gasteiger partial charge is 0.479 e. The number of amides is 1. The number of fused-ring (bicyclic) bond motifs is 1. The maximum Gasteiger partial charge on any atom is 0.330 e. The van der Waals surface area contributed by atoms with Crippen LogP contribution in [0.5, 0.6) is 0 Å². The van der Waals surface area contributed by atoms with Gasteiger partial charge in [0.15, 0.2) is 0 Å². The monoisotopic (exact) mass is 347 g/mol. The molecule has 1 aliphatic rings. The third-order valence-electron chi connectivity index (χ3n) is 5.18. The van der Waals surface area contributed by atoms with Crippen molar-refractivity contribution in [2.75, 3.05) is 6.61 Å². The van der Waals surface area contributed by atoms with Gasteiger partial charge in [-0.2, -0.15) is 0 Å². The molecule has 0 aliphatic heterocycles. The molecule has 3 rings (SSSR count). The lowest BCUT2D eigenvalue weighted by Crippen LogP contribution is -2.76. The smallest absolute Gasteiger partial charge is 0.330 e. The summed E-state index contributed by atoms with van der Waals surface area (Å²) in [5.41, 5.74) is -1.48. The molecule has 128 valence electrons. The van der Waals surface area contributed by atoms with E-state index in [-0.39, 0.29) is 18.4 Å². The fourth-order valence-electron chi connectivity index (χ4n) is 3.45. The van der Waals surface area contributed by atoms with Gasteiger partial charge in [0.05, 0.1) is 11.7 Å². The van der Waals surface area contributed by atoms with E-state index in [4.69, 9.17) is 4.74 Å². The minimum atomic E-state index is -1.31. The zero-order chi connectivity index (χ0) is 17.5. The molecule has 0 saturated heterocycles. The number of ether oxygens (including phenoxy) is 1. The fraction of sp³-hybridized carbons (Fsp3) is 0.444. The van der Waals surface area contributed by atoms with Crippen molar-refractivity contribution in [2.45, 2.75) is 38.8 Å². The van der Waals surface area contributed by atoms with Crippen LogP contribution < -0.4 is 5.32 Å². The molecule has 0 unspecified atom stereocenters. The predicted molar refractivity (Wildman–Crippen MR) is 93.5 cm³/mol. The van der Waals surface area contributed by atoms with Crippen LogP contribution in [-0.2, 0) is 9.53 Å². The number of carboxylic acids is 1. The Hall–Kier alpha value is -1.92. The Morgan fingerprint density at radius 2 is 2.08 bits per heavy atom. The average molecular weight is 347 g/mol. The van der Waals surface area contributed by atoms with Gasteiger partial charge in [0, 0.05) is 33.9 Å². The summed E-state index contributed by atoms with van der Waals surface area (Å²) in [6.45, 7) is 6.06. The first kappa shape index (κ1) is 16.9. The second kappa shape index (κ2) is 5.86. The lowest BCUT2D eigenvalue weighted by Gasteiger charge is -2.58. The molecule has 0 radical (unpaired) electrons. The molecule has 1 aromatic carbocycles. The second-order valence-corrected chi connectivity index (χ2v) is 7.59. The SMILES string of the molecule is CCO[C@H]1C[C@@](NC(=O)c2csc3ccccc23)(C(=O)O)C1(C)C. The van der Waals surface area contributed by atoms with E-state index < -0.39 is 16.9 Å². The minimum absolute atomic E-state index is 0.182. The molecule has 0 spiro atoms. The fourth-order valence-corrected chi connectivity index (χ4v) is 4.39. The zero-order valence-electron chi connectivity index (χ0n) is 14.0. The summed E-state index contributed by atoms with van der Waals surface area (Å²) in [5, 5.41) is 15.2.